The van der Waals surface area contributed by atoms with E-state index in [-0.39, 0.29) is 11.5 Å². The van der Waals surface area contributed by atoms with Gasteiger partial charge in [-0.2, -0.15) is 0 Å². The Morgan fingerprint density at radius 3 is 2.15 bits per heavy atom. The SMILES string of the molecule is CC1C=CC(C(=O)NC(C)(C)C)(c2c[nH]c3c(F)c(F)c(F)c(F)c23)C=C1. The van der Waals surface area contributed by atoms with Gasteiger partial charge in [-0.15, -0.1) is 0 Å². The number of amides is 1. The Morgan fingerprint density at radius 2 is 1.59 bits per heavy atom. The summed E-state index contributed by atoms with van der Waals surface area (Å²) in [6.07, 6.45) is 7.84. The van der Waals surface area contributed by atoms with E-state index in [1.54, 1.807) is 45.1 Å². The molecule has 0 saturated carbocycles. The first-order valence-corrected chi connectivity index (χ1v) is 8.53. The van der Waals surface area contributed by atoms with Gasteiger partial charge in [0.05, 0.1) is 5.52 Å². The molecule has 144 valence electrons. The van der Waals surface area contributed by atoms with Crippen molar-refractivity contribution in [2.45, 2.75) is 38.6 Å². The Bertz CT molecular complexity index is 968. The lowest BCUT2D eigenvalue weighted by atomic mass is 9.74. The number of H-pyrrole nitrogens is 1. The second kappa shape index (κ2) is 6.25. The number of aromatic nitrogens is 1. The van der Waals surface area contributed by atoms with Gasteiger partial charge in [-0.05, 0) is 26.7 Å². The third-order valence-corrected chi connectivity index (χ3v) is 4.53. The van der Waals surface area contributed by atoms with Gasteiger partial charge in [0.2, 0.25) is 5.91 Å². The van der Waals surface area contributed by atoms with Gasteiger partial charge in [-0.25, -0.2) is 17.6 Å². The van der Waals surface area contributed by atoms with E-state index < -0.39 is 51.0 Å². The average molecular weight is 380 g/mol. The van der Waals surface area contributed by atoms with Crippen molar-refractivity contribution < 1.29 is 22.4 Å². The van der Waals surface area contributed by atoms with Crippen LogP contribution in [0.3, 0.4) is 0 Å². The Kier molecular flexibility index (Phi) is 4.44. The van der Waals surface area contributed by atoms with E-state index in [1.807, 2.05) is 6.92 Å². The van der Waals surface area contributed by atoms with Crippen LogP contribution < -0.4 is 5.32 Å². The van der Waals surface area contributed by atoms with Crippen molar-refractivity contribution in [3.63, 3.8) is 0 Å². The monoisotopic (exact) mass is 380 g/mol. The highest BCUT2D eigenvalue weighted by atomic mass is 19.2. The van der Waals surface area contributed by atoms with Crippen LogP contribution in [-0.4, -0.2) is 16.4 Å². The van der Waals surface area contributed by atoms with Crippen molar-refractivity contribution in [3.8, 4) is 0 Å². The Balaban J connectivity index is 2.31. The van der Waals surface area contributed by atoms with Crippen molar-refractivity contribution in [1.82, 2.24) is 10.3 Å². The van der Waals surface area contributed by atoms with Crippen LogP contribution in [-0.2, 0) is 10.2 Å². The van der Waals surface area contributed by atoms with Crippen LogP contribution >= 0.6 is 0 Å². The minimum Gasteiger partial charge on any atom is -0.358 e. The molecule has 2 aromatic rings. The largest absolute Gasteiger partial charge is 0.358 e. The van der Waals surface area contributed by atoms with Crippen LogP contribution in [0.2, 0.25) is 0 Å². The molecule has 1 aromatic carbocycles. The number of hydrogen-bond donors (Lipinski definition) is 2. The number of hydrogen-bond acceptors (Lipinski definition) is 1. The number of fused-ring (bicyclic) bond motifs is 1. The second-order valence-electron chi connectivity index (χ2n) is 7.86. The molecular formula is C20H20F4N2O. The second-order valence-corrected chi connectivity index (χ2v) is 7.86. The van der Waals surface area contributed by atoms with E-state index in [1.165, 1.54) is 6.20 Å². The van der Waals surface area contributed by atoms with E-state index in [4.69, 9.17) is 0 Å². The zero-order chi connectivity index (χ0) is 20.1. The molecule has 0 atom stereocenters. The first-order chi connectivity index (χ1) is 12.5. The van der Waals surface area contributed by atoms with Gasteiger partial charge >= 0.3 is 0 Å². The summed E-state index contributed by atoms with van der Waals surface area (Å²) in [5.41, 5.74) is -2.60. The maximum Gasteiger partial charge on any atom is 0.238 e. The van der Waals surface area contributed by atoms with Crippen LogP contribution in [0.1, 0.15) is 33.3 Å². The molecule has 27 heavy (non-hydrogen) atoms. The van der Waals surface area contributed by atoms with Gasteiger partial charge in [-0.3, -0.25) is 4.79 Å². The molecule has 0 bridgehead atoms. The molecule has 1 heterocycles. The van der Waals surface area contributed by atoms with Crippen molar-refractivity contribution in [2.24, 2.45) is 5.92 Å². The molecule has 3 nitrogen and oxygen atoms in total. The lowest BCUT2D eigenvalue weighted by Crippen LogP contribution is -2.50. The highest BCUT2D eigenvalue weighted by molar-refractivity contribution is 5.99. The summed E-state index contributed by atoms with van der Waals surface area (Å²) >= 11 is 0. The molecule has 1 aliphatic rings. The van der Waals surface area contributed by atoms with E-state index in [0.29, 0.717) is 0 Å². The van der Waals surface area contributed by atoms with Gasteiger partial charge in [0.25, 0.3) is 0 Å². The Labute approximate surface area is 154 Å². The number of halogens is 4. The highest BCUT2D eigenvalue weighted by Gasteiger charge is 2.42. The Hall–Kier alpha value is -2.57. The van der Waals surface area contributed by atoms with Gasteiger partial charge < -0.3 is 10.3 Å². The van der Waals surface area contributed by atoms with Crippen molar-refractivity contribution >= 4 is 16.8 Å². The van der Waals surface area contributed by atoms with E-state index in [9.17, 15) is 22.4 Å². The zero-order valence-electron chi connectivity index (χ0n) is 15.4. The molecule has 2 N–H and O–H groups in total. The first-order valence-electron chi connectivity index (χ1n) is 8.53. The summed E-state index contributed by atoms with van der Waals surface area (Å²) in [7, 11) is 0. The number of benzene rings is 1. The first kappa shape index (κ1) is 19.2. The van der Waals surface area contributed by atoms with Gasteiger partial charge in [0.15, 0.2) is 23.3 Å². The predicted molar refractivity (Wildman–Crippen MR) is 95.1 cm³/mol. The maximum absolute atomic E-state index is 14.6. The van der Waals surface area contributed by atoms with Crippen molar-refractivity contribution in [1.29, 1.82) is 0 Å². The Morgan fingerprint density at radius 1 is 1.04 bits per heavy atom. The van der Waals surface area contributed by atoms with Crippen LogP contribution in [0.25, 0.3) is 10.9 Å². The minimum absolute atomic E-state index is 0.00829. The van der Waals surface area contributed by atoms with Crippen molar-refractivity contribution in [2.75, 3.05) is 0 Å². The summed E-state index contributed by atoms with van der Waals surface area (Å²) in [5.74, 6) is -7.34. The quantitative estimate of drug-likeness (QED) is 0.339. The number of rotatable bonds is 2. The number of carbonyl (C=O) groups excluding carboxylic acids is 1. The highest BCUT2D eigenvalue weighted by Crippen LogP contribution is 2.40. The molecule has 0 spiro atoms. The summed E-state index contributed by atoms with van der Waals surface area (Å²) in [6, 6.07) is 0. The molecule has 1 aliphatic carbocycles. The summed E-state index contributed by atoms with van der Waals surface area (Å²) in [5, 5.41) is 2.33. The minimum atomic E-state index is -1.91. The number of carbonyl (C=O) groups is 1. The number of allylic oxidation sites excluding steroid dienone is 2. The van der Waals surface area contributed by atoms with Crippen LogP contribution in [0.5, 0.6) is 0 Å². The summed E-state index contributed by atoms with van der Waals surface area (Å²) in [4.78, 5) is 15.6. The predicted octanol–water partition coefficient (Wildman–Crippen LogP) is 4.64. The standard InChI is InChI=1S/C20H20F4N2O/c1-10-5-7-20(8-6-10,18(27)26-19(2,3)4)11-9-25-17-12(11)13(21)14(22)15(23)16(17)24/h5-10,25H,1-4H3,(H,26,27). The third-order valence-electron chi connectivity index (χ3n) is 4.53. The molecule has 7 heteroatoms. The van der Waals surface area contributed by atoms with Gasteiger partial charge in [0, 0.05) is 22.7 Å². The fourth-order valence-corrected chi connectivity index (χ4v) is 3.19. The average Bonchev–Trinajstić information content (AvgIpc) is 3.03. The molecule has 0 aliphatic heterocycles. The summed E-state index contributed by atoms with van der Waals surface area (Å²) in [6.45, 7) is 7.23. The smallest absolute Gasteiger partial charge is 0.238 e. The molecule has 3 rings (SSSR count). The molecular weight excluding hydrogens is 360 g/mol. The fourth-order valence-electron chi connectivity index (χ4n) is 3.19. The molecule has 1 aromatic heterocycles. The zero-order valence-corrected chi connectivity index (χ0v) is 15.4. The van der Waals surface area contributed by atoms with Crippen molar-refractivity contribution in [3.05, 3.63) is 59.3 Å². The van der Waals surface area contributed by atoms with E-state index in [0.717, 1.165) is 0 Å². The molecule has 0 fully saturated rings. The molecule has 0 saturated heterocycles. The van der Waals surface area contributed by atoms with E-state index >= 15 is 0 Å². The molecule has 0 radical (unpaired) electrons. The normalized spacial score (nSPS) is 22.4. The maximum atomic E-state index is 14.6. The molecule has 0 unspecified atom stereocenters. The fraction of sp³-hybridized carbons (Fsp3) is 0.350. The van der Waals surface area contributed by atoms with Crippen LogP contribution in [0.4, 0.5) is 17.6 Å². The topological polar surface area (TPSA) is 44.9 Å². The van der Waals surface area contributed by atoms with Gasteiger partial charge in [0.1, 0.15) is 5.41 Å². The summed E-state index contributed by atoms with van der Waals surface area (Å²) < 4.78 is 56.1. The van der Waals surface area contributed by atoms with E-state index in [2.05, 4.69) is 10.3 Å². The third kappa shape index (κ3) is 3.05. The molecule has 1 amide bonds. The van der Waals surface area contributed by atoms with Crippen LogP contribution in [0, 0.1) is 29.2 Å². The van der Waals surface area contributed by atoms with Crippen LogP contribution in [0.15, 0.2) is 30.5 Å². The lowest BCUT2D eigenvalue weighted by Gasteiger charge is -2.33. The number of nitrogens with one attached hydrogen (secondary N) is 2. The number of aromatic amines is 1. The van der Waals surface area contributed by atoms with Gasteiger partial charge in [-0.1, -0.05) is 31.2 Å². The lowest BCUT2D eigenvalue weighted by molar-refractivity contribution is -0.125.